The van der Waals surface area contributed by atoms with Gasteiger partial charge in [-0.3, -0.25) is 9.69 Å². The molecule has 3 N–H and O–H groups in total. The number of rotatable bonds is 5. The van der Waals surface area contributed by atoms with Gasteiger partial charge in [-0.15, -0.1) is 0 Å². The van der Waals surface area contributed by atoms with E-state index in [1.54, 1.807) is 18.3 Å². The van der Waals surface area contributed by atoms with E-state index in [0.29, 0.717) is 17.9 Å². The molecule has 0 aliphatic rings. The molecule has 0 bridgehead atoms. The van der Waals surface area contributed by atoms with Crippen molar-refractivity contribution in [3.8, 4) is 0 Å². The van der Waals surface area contributed by atoms with Crippen LogP contribution >= 0.6 is 0 Å². The summed E-state index contributed by atoms with van der Waals surface area (Å²) in [5, 5.41) is 2.85. The zero-order valence-corrected chi connectivity index (χ0v) is 12.6. The first-order chi connectivity index (χ1) is 9.99. The number of benzene rings is 1. The molecule has 1 atom stereocenters. The van der Waals surface area contributed by atoms with E-state index in [4.69, 9.17) is 5.73 Å². The summed E-state index contributed by atoms with van der Waals surface area (Å²) >= 11 is 0. The van der Waals surface area contributed by atoms with Gasteiger partial charge in [0.2, 0.25) is 5.91 Å². The third kappa shape index (κ3) is 3.61. The van der Waals surface area contributed by atoms with Crippen molar-refractivity contribution in [3.63, 3.8) is 0 Å². The number of nitrogens with zero attached hydrogens (tertiary/aromatic N) is 3. The monoisotopic (exact) mass is 287 g/mol. The first-order valence-corrected chi connectivity index (χ1v) is 6.81. The third-order valence-electron chi connectivity index (χ3n) is 3.57. The second kappa shape index (κ2) is 6.41. The first-order valence-electron chi connectivity index (χ1n) is 6.81. The lowest BCUT2D eigenvalue weighted by Gasteiger charge is -2.23. The number of nitrogens with one attached hydrogen (secondary N) is 1. The Labute approximate surface area is 124 Å². The number of amides is 1. The number of para-hydroxylation sites is 2. The number of hydrogen-bond donors (Lipinski definition) is 2. The second-order valence-electron chi connectivity index (χ2n) is 5.12. The summed E-state index contributed by atoms with van der Waals surface area (Å²) in [6.07, 6.45) is 3.64. The number of likely N-dealkylation sites (N-methyl/N-ethyl adjacent to an activating group) is 1. The Kier molecular flexibility index (Phi) is 4.59. The molecule has 2 aromatic rings. The number of imidazole rings is 1. The third-order valence-corrected chi connectivity index (χ3v) is 3.57. The summed E-state index contributed by atoms with van der Waals surface area (Å²) in [7, 11) is 3.83. The molecule has 0 spiro atoms. The van der Waals surface area contributed by atoms with Gasteiger partial charge < -0.3 is 15.6 Å². The average molecular weight is 287 g/mol. The Morgan fingerprint density at radius 3 is 2.81 bits per heavy atom. The Hall–Kier alpha value is -2.34. The Morgan fingerprint density at radius 1 is 1.48 bits per heavy atom. The quantitative estimate of drug-likeness (QED) is 0.816. The largest absolute Gasteiger partial charge is 0.397 e. The summed E-state index contributed by atoms with van der Waals surface area (Å²) in [6.45, 7) is 2.46. The molecule has 6 heteroatoms. The van der Waals surface area contributed by atoms with Crippen molar-refractivity contribution in [2.45, 2.75) is 19.5 Å². The maximum absolute atomic E-state index is 12.3. The zero-order chi connectivity index (χ0) is 15.4. The van der Waals surface area contributed by atoms with Gasteiger partial charge in [0, 0.05) is 19.4 Å². The van der Waals surface area contributed by atoms with E-state index in [-0.39, 0.29) is 11.9 Å². The van der Waals surface area contributed by atoms with Crippen LogP contribution in [0.4, 0.5) is 11.4 Å². The zero-order valence-electron chi connectivity index (χ0n) is 12.6. The van der Waals surface area contributed by atoms with E-state index in [1.807, 2.05) is 48.8 Å². The molecule has 0 aliphatic carbocycles. The number of nitrogen functional groups attached to an aromatic ring is 1. The molecule has 2 rings (SSSR count). The minimum atomic E-state index is -0.290. The van der Waals surface area contributed by atoms with Crippen molar-refractivity contribution in [2.24, 2.45) is 7.05 Å². The molecule has 112 valence electrons. The summed E-state index contributed by atoms with van der Waals surface area (Å²) in [6, 6.07) is 6.94. The van der Waals surface area contributed by atoms with E-state index in [9.17, 15) is 4.79 Å². The maximum atomic E-state index is 12.3. The number of hydrogen-bond acceptors (Lipinski definition) is 4. The van der Waals surface area contributed by atoms with Gasteiger partial charge >= 0.3 is 0 Å². The van der Waals surface area contributed by atoms with Gasteiger partial charge in [0.1, 0.15) is 5.82 Å². The molecular weight excluding hydrogens is 266 g/mol. The first kappa shape index (κ1) is 15.1. The molecule has 0 aliphatic heterocycles. The van der Waals surface area contributed by atoms with Gasteiger partial charge in [-0.1, -0.05) is 12.1 Å². The molecule has 0 saturated heterocycles. The maximum Gasteiger partial charge on any atom is 0.241 e. The summed E-state index contributed by atoms with van der Waals surface area (Å²) in [5.74, 6) is 0.820. The van der Waals surface area contributed by atoms with Gasteiger partial charge in [-0.2, -0.15) is 0 Å². The van der Waals surface area contributed by atoms with Crippen LogP contribution in [0.3, 0.4) is 0 Å². The normalized spacial score (nSPS) is 12.4. The van der Waals surface area contributed by atoms with Gasteiger partial charge in [-0.05, 0) is 26.1 Å². The molecule has 1 unspecified atom stereocenters. The highest BCUT2D eigenvalue weighted by atomic mass is 16.2. The highest BCUT2D eigenvalue weighted by Crippen LogP contribution is 2.17. The van der Waals surface area contributed by atoms with Crippen molar-refractivity contribution < 1.29 is 4.79 Å². The fourth-order valence-electron chi connectivity index (χ4n) is 1.96. The van der Waals surface area contributed by atoms with Crippen molar-refractivity contribution in [2.75, 3.05) is 18.1 Å². The molecule has 1 aromatic heterocycles. The number of aryl methyl sites for hydroxylation is 1. The van der Waals surface area contributed by atoms with Crippen LogP contribution in [0.2, 0.25) is 0 Å². The average Bonchev–Trinajstić information content (AvgIpc) is 2.86. The number of aromatic nitrogens is 2. The minimum Gasteiger partial charge on any atom is -0.397 e. The van der Waals surface area contributed by atoms with E-state index < -0.39 is 0 Å². The summed E-state index contributed by atoms with van der Waals surface area (Å²) < 4.78 is 1.94. The van der Waals surface area contributed by atoms with Gasteiger partial charge in [0.25, 0.3) is 0 Å². The lowest BCUT2D eigenvalue weighted by Crippen LogP contribution is -2.39. The van der Waals surface area contributed by atoms with Crippen LogP contribution in [0.15, 0.2) is 36.7 Å². The highest BCUT2D eigenvalue weighted by Gasteiger charge is 2.19. The van der Waals surface area contributed by atoms with Crippen molar-refractivity contribution >= 4 is 17.3 Å². The van der Waals surface area contributed by atoms with Crippen LogP contribution in [-0.4, -0.2) is 33.4 Å². The standard InChI is InChI=1S/C15H21N5O/c1-11(20(3)10-14-17-8-9-19(14)2)15(21)18-13-7-5-4-6-12(13)16/h4-9,11H,10,16H2,1-3H3,(H,18,21). The van der Waals surface area contributed by atoms with E-state index in [0.717, 1.165) is 5.82 Å². The van der Waals surface area contributed by atoms with Crippen molar-refractivity contribution in [1.29, 1.82) is 0 Å². The van der Waals surface area contributed by atoms with E-state index >= 15 is 0 Å². The van der Waals surface area contributed by atoms with Crippen LogP contribution in [0.25, 0.3) is 0 Å². The number of carbonyl (C=O) groups is 1. The minimum absolute atomic E-state index is 0.0930. The van der Waals surface area contributed by atoms with Gasteiger partial charge in [0.15, 0.2) is 0 Å². The molecule has 1 aromatic carbocycles. The van der Waals surface area contributed by atoms with Crippen LogP contribution in [0, 0.1) is 0 Å². The SMILES string of the molecule is CC(C(=O)Nc1ccccc1N)N(C)Cc1nccn1C. The van der Waals surface area contributed by atoms with Crippen LogP contribution in [-0.2, 0) is 18.4 Å². The number of carbonyl (C=O) groups excluding carboxylic acids is 1. The Balaban J connectivity index is 1.99. The van der Waals surface area contributed by atoms with E-state index in [1.165, 1.54) is 0 Å². The fraction of sp³-hybridized carbons (Fsp3) is 0.333. The van der Waals surface area contributed by atoms with Crippen LogP contribution in [0.1, 0.15) is 12.7 Å². The van der Waals surface area contributed by atoms with Crippen LogP contribution in [0.5, 0.6) is 0 Å². The van der Waals surface area contributed by atoms with Gasteiger partial charge in [0.05, 0.1) is 24.0 Å². The van der Waals surface area contributed by atoms with Crippen LogP contribution < -0.4 is 11.1 Å². The predicted molar refractivity (Wildman–Crippen MR) is 83.6 cm³/mol. The van der Waals surface area contributed by atoms with Crippen molar-refractivity contribution in [1.82, 2.24) is 14.5 Å². The molecule has 0 radical (unpaired) electrons. The Morgan fingerprint density at radius 2 is 2.19 bits per heavy atom. The van der Waals surface area contributed by atoms with Gasteiger partial charge in [-0.25, -0.2) is 4.98 Å². The second-order valence-corrected chi connectivity index (χ2v) is 5.12. The molecule has 1 heterocycles. The lowest BCUT2D eigenvalue weighted by molar-refractivity contribution is -0.120. The number of nitrogens with two attached hydrogens (primary N) is 1. The molecule has 6 nitrogen and oxygen atoms in total. The summed E-state index contributed by atoms with van der Waals surface area (Å²) in [4.78, 5) is 18.5. The highest BCUT2D eigenvalue weighted by molar-refractivity contribution is 5.96. The fourth-order valence-corrected chi connectivity index (χ4v) is 1.96. The molecule has 21 heavy (non-hydrogen) atoms. The predicted octanol–water partition coefficient (Wildman–Crippen LogP) is 1.46. The lowest BCUT2D eigenvalue weighted by atomic mass is 10.2. The van der Waals surface area contributed by atoms with Crippen molar-refractivity contribution in [3.05, 3.63) is 42.5 Å². The molecule has 0 fully saturated rings. The molecular formula is C15H21N5O. The Bertz CT molecular complexity index is 622. The van der Waals surface area contributed by atoms with E-state index in [2.05, 4.69) is 10.3 Å². The molecule has 1 amide bonds. The summed E-state index contributed by atoms with van der Waals surface area (Å²) in [5.41, 5.74) is 7.03. The number of anilines is 2. The molecule has 0 saturated carbocycles. The smallest absolute Gasteiger partial charge is 0.241 e. The topological polar surface area (TPSA) is 76.2 Å².